The van der Waals surface area contributed by atoms with Gasteiger partial charge in [0.05, 0.1) is 25.2 Å². The zero-order valence-electron chi connectivity index (χ0n) is 15.2. The average molecular weight is 358 g/mol. The lowest BCUT2D eigenvalue weighted by Crippen LogP contribution is -2.24. The standard InChI is InChI=1S/C17H22N6O3/c1-23-16-13(9-19-23)15(20-11-6-5-7-12(8-11)24-2)21-17(22-16)18-10-14(25-3)26-4/h5-9,14H,10H2,1-4H3,(H2,18,20,21,22). The van der Waals surface area contributed by atoms with Crippen LogP contribution in [-0.2, 0) is 16.5 Å². The number of rotatable bonds is 8. The highest BCUT2D eigenvalue weighted by atomic mass is 16.7. The zero-order chi connectivity index (χ0) is 18.5. The third kappa shape index (κ3) is 3.84. The van der Waals surface area contributed by atoms with Gasteiger partial charge in [-0.25, -0.2) is 0 Å². The van der Waals surface area contributed by atoms with Crippen LogP contribution < -0.4 is 15.4 Å². The second-order valence-corrected chi connectivity index (χ2v) is 5.54. The number of fused-ring (bicyclic) bond motifs is 1. The van der Waals surface area contributed by atoms with Crippen LogP contribution in [-0.4, -0.2) is 53.9 Å². The molecule has 0 aliphatic heterocycles. The summed E-state index contributed by atoms with van der Waals surface area (Å²) in [5.74, 6) is 1.85. The Balaban J connectivity index is 1.92. The van der Waals surface area contributed by atoms with Crippen molar-refractivity contribution < 1.29 is 14.2 Å². The summed E-state index contributed by atoms with van der Waals surface area (Å²) in [5.41, 5.74) is 1.56. The van der Waals surface area contributed by atoms with Crippen molar-refractivity contribution in [2.45, 2.75) is 6.29 Å². The Hall–Kier alpha value is -2.91. The summed E-state index contributed by atoms with van der Waals surface area (Å²) in [6.45, 7) is 0.412. The van der Waals surface area contributed by atoms with Crippen LogP contribution in [0.5, 0.6) is 5.75 Å². The molecule has 9 nitrogen and oxygen atoms in total. The van der Waals surface area contributed by atoms with Gasteiger partial charge in [0.15, 0.2) is 11.9 Å². The Labute approximate surface area is 151 Å². The summed E-state index contributed by atoms with van der Waals surface area (Å²) in [7, 11) is 6.63. The number of anilines is 3. The molecule has 0 bridgehead atoms. The van der Waals surface area contributed by atoms with E-state index in [1.807, 2.05) is 31.3 Å². The Morgan fingerprint density at radius 2 is 1.96 bits per heavy atom. The molecule has 138 valence electrons. The van der Waals surface area contributed by atoms with E-state index in [1.165, 1.54) is 0 Å². The minimum absolute atomic E-state index is 0.393. The van der Waals surface area contributed by atoms with E-state index in [4.69, 9.17) is 14.2 Å². The first-order valence-corrected chi connectivity index (χ1v) is 8.05. The fourth-order valence-corrected chi connectivity index (χ4v) is 2.47. The molecule has 0 saturated carbocycles. The van der Waals surface area contributed by atoms with E-state index in [0.29, 0.717) is 24.0 Å². The molecule has 0 spiro atoms. The summed E-state index contributed by atoms with van der Waals surface area (Å²) in [6.07, 6.45) is 1.34. The van der Waals surface area contributed by atoms with Crippen molar-refractivity contribution in [1.29, 1.82) is 0 Å². The van der Waals surface area contributed by atoms with Crippen LogP contribution in [0.15, 0.2) is 30.5 Å². The molecule has 0 fully saturated rings. The van der Waals surface area contributed by atoms with Gasteiger partial charge in [0, 0.05) is 33.0 Å². The summed E-state index contributed by atoms with van der Waals surface area (Å²) in [5, 5.41) is 11.5. The number of nitrogens with zero attached hydrogens (tertiary/aromatic N) is 4. The second-order valence-electron chi connectivity index (χ2n) is 5.54. The van der Waals surface area contributed by atoms with E-state index in [2.05, 4.69) is 25.7 Å². The molecule has 2 aromatic heterocycles. The van der Waals surface area contributed by atoms with Gasteiger partial charge >= 0.3 is 0 Å². The molecule has 0 aliphatic rings. The SMILES string of the molecule is COc1cccc(Nc2nc(NCC(OC)OC)nc3c2cnn3C)c1. The maximum Gasteiger partial charge on any atom is 0.226 e. The highest BCUT2D eigenvalue weighted by molar-refractivity contribution is 5.89. The molecule has 0 unspecified atom stereocenters. The van der Waals surface area contributed by atoms with Gasteiger partial charge in [-0.05, 0) is 12.1 Å². The first-order chi connectivity index (χ1) is 12.6. The number of ether oxygens (including phenoxy) is 3. The van der Waals surface area contributed by atoms with Gasteiger partial charge in [-0.1, -0.05) is 6.07 Å². The van der Waals surface area contributed by atoms with Gasteiger partial charge in [-0.2, -0.15) is 15.1 Å². The van der Waals surface area contributed by atoms with Crippen LogP contribution in [0, 0.1) is 0 Å². The molecule has 2 N–H and O–H groups in total. The van der Waals surface area contributed by atoms with Crippen molar-refractivity contribution in [2.24, 2.45) is 7.05 Å². The van der Waals surface area contributed by atoms with Crippen LogP contribution >= 0.6 is 0 Å². The molecule has 0 aliphatic carbocycles. The fourth-order valence-electron chi connectivity index (χ4n) is 2.47. The van der Waals surface area contributed by atoms with Gasteiger partial charge in [-0.3, -0.25) is 4.68 Å². The largest absolute Gasteiger partial charge is 0.497 e. The minimum atomic E-state index is -0.393. The predicted octanol–water partition coefficient (Wildman–Crippen LogP) is 2.15. The average Bonchev–Trinajstić information content (AvgIpc) is 3.04. The van der Waals surface area contributed by atoms with E-state index in [1.54, 1.807) is 32.2 Å². The molecule has 0 radical (unpaired) electrons. The number of benzene rings is 1. The summed E-state index contributed by atoms with van der Waals surface area (Å²) < 4.78 is 17.3. The number of nitrogens with one attached hydrogen (secondary N) is 2. The van der Waals surface area contributed by atoms with Crippen LogP contribution in [0.25, 0.3) is 11.0 Å². The molecule has 0 amide bonds. The van der Waals surface area contributed by atoms with Gasteiger partial charge in [0.2, 0.25) is 5.95 Å². The molecule has 3 aromatic rings. The van der Waals surface area contributed by atoms with E-state index in [0.717, 1.165) is 16.8 Å². The first kappa shape index (κ1) is 17.9. The van der Waals surface area contributed by atoms with Crippen molar-refractivity contribution in [3.63, 3.8) is 0 Å². The van der Waals surface area contributed by atoms with Crippen LogP contribution in [0.1, 0.15) is 0 Å². The predicted molar refractivity (Wildman–Crippen MR) is 98.9 cm³/mol. The third-order valence-corrected chi connectivity index (χ3v) is 3.88. The first-order valence-electron chi connectivity index (χ1n) is 8.05. The Kier molecular flexibility index (Phi) is 5.49. The molecule has 1 aromatic carbocycles. The van der Waals surface area contributed by atoms with Crippen molar-refractivity contribution in [3.8, 4) is 5.75 Å². The second kappa shape index (κ2) is 7.98. The monoisotopic (exact) mass is 358 g/mol. The van der Waals surface area contributed by atoms with Crippen molar-refractivity contribution in [2.75, 3.05) is 38.5 Å². The maximum atomic E-state index is 5.27. The van der Waals surface area contributed by atoms with Crippen LogP contribution in [0.4, 0.5) is 17.5 Å². The minimum Gasteiger partial charge on any atom is -0.497 e. The lowest BCUT2D eigenvalue weighted by atomic mass is 10.3. The molecule has 0 atom stereocenters. The van der Waals surface area contributed by atoms with E-state index in [-0.39, 0.29) is 0 Å². The van der Waals surface area contributed by atoms with Gasteiger partial charge in [0.1, 0.15) is 11.6 Å². The molecule has 0 saturated heterocycles. The van der Waals surface area contributed by atoms with Crippen molar-refractivity contribution >= 4 is 28.5 Å². The Bertz CT molecular complexity index is 878. The van der Waals surface area contributed by atoms with E-state index >= 15 is 0 Å². The zero-order valence-corrected chi connectivity index (χ0v) is 15.2. The Morgan fingerprint density at radius 3 is 2.69 bits per heavy atom. The lowest BCUT2D eigenvalue weighted by Gasteiger charge is -2.15. The van der Waals surface area contributed by atoms with Crippen molar-refractivity contribution in [3.05, 3.63) is 30.5 Å². The highest BCUT2D eigenvalue weighted by Crippen LogP contribution is 2.26. The maximum absolute atomic E-state index is 5.27. The normalized spacial score (nSPS) is 11.1. The van der Waals surface area contributed by atoms with E-state index < -0.39 is 6.29 Å². The number of aromatic nitrogens is 4. The van der Waals surface area contributed by atoms with Gasteiger partial charge in [-0.15, -0.1) is 0 Å². The van der Waals surface area contributed by atoms with Crippen LogP contribution in [0.2, 0.25) is 0 Å². The number of methoxy groups -OCH3 is 3. The van der Waals surface area contributed by atoms with Crippen LogP contribution in [0.3, 0.4) is 0 Å². The molecule has 2 heterocycles. The van der Waals surface area contributed by atoms with Gasteiger partial charge < -0.3 is 24.8 Å². The lowest BCUT2D eigenvalue weighted by molar-refractivity contribution is -0.0914. The molecule has 9 heteroatoms. The van der Waals surface area contributed by atoms with E-state index in [9.17, 15) is 0 Å². The molecule has 3 rings (SSSR count). The summed E-state index contributed by atoms with van der Waals surface area (Å²) in [6, 6.07) is 7.62. The molecular weight excluding hydrogens is 336 g/mol. The third-order valence-electron chi connectivity index (χ3n) is 3.88. The quantitative estimate of drug-likeness (QED) is 0.592. The summed E-state index contributed by atoms with van der Waals surface area (Å²) in [4.78, 5) is 9.08. The molecule has 26 heavy (non-hydrogen) atoms. The topological polar surface area (TPSA) is 95.3 Å². The molecular formula is C17H22N6O3. The number of hydrogen-bond acceptors (Lipinski definition) is 8. The fraction of sp³-hybridized carbons (Fsp3) is 0.353. The van der Waals surface area contributed by atoms with Gasteiger partial charge in [0.25, 0.3) is 0 Å². The smallest absolute Gasteiger partial charge is 0.226 e. The van der Waals surface area contributed by atoms with Crippen molar-refractivity contribution in [1.82, 2.24) is 19.7 Å². The number of hydrogen-bond donors (Lipinski definition) is 2. The highest BCUT2D eigenvalue weighted by Gasteiger charge is 2.13. The number of aryl methyl sites for hydroxylation is 1. The Morgan fingerprint density at radius 1 is 1.15 bits per heavy atom. The summed E-state index contributed by atoms with van der Waals surface area (Å²) >= 11 is 0.